The average molecular weight is 946 g/mol. The predicted octanol–water partition coefficient (Wildman–Crippen LogP) is 12.6. The molecule has 356 valence electrons. The Morgan fingerprint density at radius 1 is 0.446 bits per heavy atom. The third-order valence-corrected chi connectivity index (χ3v) is 12.1. The lowest BCUT2D eigenvalue weighted by Gasteiger charge is -2.29. The van der Waals surface area contributed by atoms with Gasteiger partial charge in [-0.05, 0) is 87.7 Å². The SMILES string of the molecule is CC1=CCC=CC1.CC1=CCC=CC1.CCCCCN[C@@H](c1ccccc1)[C@@H](NS(C)(=O)=O)c1ccccc1.CCCCCN[C@@H](c1ccccc1)[C@@H](NS(C)(=O)=O)c1ccccc1.Cl. The van der Waals surface area contributed by atoms with Crippen LogP contribution in [-0.4, -0.2) is 42.4 Å². The van der Waals surface area contributed by atoms with E-state index in [2.05, 4.69) is 84.2 Å². The van der Waals surface area contributed by atoms with Crippen molar-refractivity contribution < 1.29 is 16.8 Å². The van der Waals surface area contributed by atoms with Crippen LogP contribution in [0, 0.1) is 0 Å². The van der Waals surface area contributed by atoms with Gasteiger partial charge in [0, 0.05) is 0 Å². The van der Waals surface area contributed by atoms with Crippen LogP contribution < -0.4 is 20.1 Å². The van der Waals surface area contributed by atoms with Crippen LogP contribution in [0.4, 0.5) is 0 Å². The molecule has 65 heavy (non-hydrogen) atoms. The van der Waals surface area contributed by atoms with Crippen molar-refractivity contribution >= 4 is 32.5 Å². The van der Waals surface area contributed by atoms with Crippen LogP contribution in [0.2, 0.25) is 0 Å². The van der Waals surface area contributed by atoms with E-state index in [1.54, 1.807) is 0 Å². The summed E-state index contributed by atoms with van der Waals surface area (Å²) in [6.45, 7) is 10.4. The normalized spacial score (nSPS) is 15.0. The fraction of sp³-hybridized carbons (Fsp3) is 0.407. The Balaban J connectivity index is 0.000000339. The van der Waals surface area contributed by atoms with Gasteiger partial charge < -0.3 is 10.6 Å². The first-order chi connectivity index (χ1) is 30.8. The molecule has 4 N–H and O–H groups in total. The number of rotatable bonds is 20. The molecule has 8 nitrogen and oxygen atoms in total. The van der Waals surface area contributed by atoms with E-state index in [4.69, 9.17) is 0 Å². The largest absolute Gasteiger partial charge is 0.308 e. The van der Waals surface area contributed by atoms with Crippen molar-refractivity contribution in [3.63, 3.8) is 0 Å². The lowest BCUT2D eigenvalue weighted by atomic mass is 9.94. The van der Waals surface area contributed by atoms with Gasteiger partial charge in [-0.3, -0.25) is 0 Å². The maximum atomic E-state index is 12.0. The Labute approximate surface area is 400 Å². The van der Waals surface area contributed by atoms with E-state index in [9.17, 15) is 16.8 Å². The number of hydrogen-bond donors (Lipinski definition) is 4. The molecule has 2 aliphatic rings. The van der Waals surface area contributed by atoms with Crippen molar-refractivity contribution in [1.82, 2.24) is 20.1 Å². The van der Waals surface area contributed by atoms with Crippen LogP contribution in [0.25, 0.3) is 0 Å². The summed E-state index contributed by atoms with van der Waals surface area (Å²) in [5, 5.41) is 7.13. The van der Waals surface area contributed by atoms with Crippen molar-refractivity contribution in [3.8, 4) is 0 Å². The highest BCUT2D eigenvalue weighted by Gasteiger charge is 2.28. The molecule has 4 aromatic rings. The van der Waals surface area contributed by atoms with Crippen molar-refractivity contribution in [3.05, 3.63) is 191 Å². The summed E-state index contributed by atoms with van der Waals surface area (Å²) in [5.41, 5.74) is 7.05. The molecule has 0 fully saturated rings. The number of hydrogen-bond acceptors (Lipinski definition) is 6. The molecule has 4 atom stereocenters. The molecule has 0 unspecified atom stereocenters. The first-order valence-electron chi connectivity index (χ1n) is 23.0. The number of allylic oxidation sites excluding steroid dienone is 8. The van der Waals surface area contributed by atoms with Gasteiger partial charge in [-0.15, -0.1) is 12.4 Å². The van der Waals surface area contributed by atoms with E-state index in [0.717, 1.165) is 86.7 Å². The zero-order chi connectivity index (χ0) is 46.5. The molecule has 11 heteroatoms. The highest BCUT2D eigenvalue weighted by Crippen LogP contribution is 2.31. The van der Waals surface area contributed by atoms with Gasteiger partial charge in [-0.2, -0.15) is 0 Å². The van der Waals surface area contributed by atoms with Crippen molar-refractivity contribution in [2.45, 2.75) is 116 Å². The summed E-state index contributed by atoms with van der Waals surface area (Å²) in [5.74, 6) is 0. The van der Waals surface area contributed by atoms with Crippen LogP contribution in [0.5, 0.6) is 0 Å². The molecular weight excluding hydrogens is 868 g/mol. The van der Waals surface area contributed by atoms with Gasteiger partial charge in [-0.25, -0.2) is 26.3 Å². The maximum absolute atomic E-state index is 12.0. The smallest absolute Gasteiger partial charge is 0.209 e. The Kier molecular flexibility index (Phi) is 28.5. The quantitative estimate of drug-likeness (QED) is 0.0518. The summed E-state index contributed by atoms with van der Waals surface area (Å²) in [4.78, 5) is 0. The average Bonchev–Trinajstić information content (AvgIpc) is 3.30. The molecule has 0 spiro atoms. The second kappa shape index (κ2) is 32.5. The van der Waals surface area contributed by atoms with Gasteiger partial charge in [0.15, 0.2) is 0 Å². The summed E-state index contributed by atoms with van der Waals surface area (Å²) >= 11 is 0. The molecule has 0 amide bonds. The molecule has 2 aliphatic carbocycles. The molecule has 0 aromatic heterocycles. The Bertz CT molecular complexity index is 2040. The fourth-order valence-corrected chi connectivity index (χ4v) is 8.78. The van der Waals surface area contributed by atoms with E-state index in [-0.39, 0.29) is 36.6 Å². The number of halogens is 1. The number of unbranched alkanes of at least 4 members (excludes halogenated alkanes) is 4. The van der Waals surface area contributed by atoms with E-state index in [1.807, 2.05) is 121 Å². The van der Waals surface area contributed by atoms with Crippen LogP contribution in [0.3, 0.4) is 0 Å². The van der Waals surface area contributed by atoms with Gasteiger partial charge in [0.25, 0.3) is 0 Å². The predicted molar refractivity (Wildman–Crippen MR) is 279 cm³/mol. The molecule has 0 radical (unpaired) electrons. The molecule has 0 bridgehead atoms. The van der Waals surface area contributed by atoms with E-state index < -0.39 is 20.0 Å². The monoisotopic (exact) mass is 945 g/mol. The zero-order valence-electron chi connectivity index (χ0n) is 39.7. The highest BCUT2D eigenvalue weighted by atomic mass is 35.5. The van der Waals surface area contributed by atoms with E-state index in [1.165, 1.54) is 36.5 Å². The first-order valence-corrected chi connectivity index (χ1v) is 26.8. The van der Waals surface area contributed by atoms with Gasteiger partial charge in [0.2, 0.25) is 20.0 Å². The summed E-state index contributed by atoms with van der Waals surface area (Å²) in [6, 6.07) is 38.5. The van der Waals surface area contributed by atoms with Gasteiger partial charge >= 0.3 is 0 Å². The van der Waals surface area contributed by atoms with Gasteiger partial charge in [0.05, 0.1) is 36.7 Å². The third kappa shape index (κ3) is 24.8. The molecule has 0 aliphatic heterocycles. The zero-order valence-corrected chi connectivity index (χ0v) is 42.1. The summed E-state index contributed by atoms with van der Waals surface area (Å²) in [6.07, 6.45) is 27.2. The van der Waals surface area contributed by atoms with E-state index in [0.29, 0.717) is 0 Å². The molecule has 4 aromatic carbocycles. The maximum Gasteiger partial charge on any atom is 0.209 e. The third-order valence-electron chi connectivity index (χ3n) is 10.7. The minimum Gasteiger partial charge on any atom is -0.308 e. The minimum absolute atomic E-state index is 0. The first kappa shape index (κ1) is 57.0. The second-order valence-corrected chi connectivity index (χ2v) is 20.1. The van der Waals surface area contributed by atoms with Crippen LogP contribution in [0.15, 0.2) is 169 Å². The van der Waals surface area contributed by atoms with Crippen LogP contribution in [0.1, 0.15) is 138 Å². The fourth-order valence-electron chi connectivity index (χ4n) is 7.32. The number of nitrogens with one attached hydrogen (secondary N) is 4. The van der Waals surface area contributed by atoms with Crippen molar-refractivity contribution in [2.24, 2.45) is 0 Å². The Morgan fingerprint density at radius 2 is 0.738 bits per heavy atom. The van der Waals surface area contributed by atoms with Gasteiger partial charge in [0.1, 0.15) is 0 Å². The molecule has 6 rings (SSSR count). The lowest BCUT2D eigenvalue weighted by Crippen LogP contribution is -2.38. The Hall–Kier alpha value is -4.13. The van der Waals surface area contributed by atoms with E-state index >= 15 is 0 Å². The molecule has 0 saturated carbocycles. The number of sulfonamides is 2. The highest BCUT2D eigenvalue weighted by molar-refractivity contribution is 7.89. The minimum atomic E-state index is -3.35. The Morgan fingerprint density at radius 3 is 0.954 bits per heavy atom. The summed E-state index contributed by atoms with van der Waals surface area (Å²) in [7, 11) is -6.70. The standard InChI is InChI=1S/2C20H28N2O2S.2C7H10.ClH/c2*1-3-4-11-16-21-19(17-12-7-5-8-13-17)20(22-25(2,23)24)18-14-9-6-10-15-18;2*1-7-5-3-2-4-6-7;/h2*5-10,12-15,19-22H,3-4,11,16H2,1-2H3;2*2-3,6H,4-5H2,1H3;1H/t2*19-,20-;;;/m00.../s1. The topological polar surface area (TPSA) is 116 Å². The van der Waals surface area contributed by atoms with Gasteiger partial charge in [-0.1, -0.05) is 208 Å². The second-order valence-electron chi connectivity index (χ2n) is 16.6. The van der Waals surface area contributed by atoms with Crippen molar-refractivity contribution in [1.29, 1.82) is 0 Å². The lowest BCUT2D eigenvalue weighted by molar-refractivity contribution is 0.418. The molecule has 0 saturated heterocycles. The number of benzene rings is 4. The molecular formula is C54H77ClN4O4S2. The molecule has 0 heterocycles. The van der Waals surface area contributed by atoms with Crippen molar-refractivity contribution in [2.75, 3.05) is 25.6 Å². The van der Waals surface area contributed by atoms with Crippen LogP contribution in [-0.2, 0) is 20.0 Å². The summed E-state index contributed by atoms with van der Waals surface area (Å²) < 4.78 is 53.6. The van der Waals surface area contributed by atoms with Crippen LogP contribution >= 0.6 is 12.4 Å².